The number of halogens is 1. The minimum absolute atomic E-state index is 0.00904. The van der Waals surface area contributed by atoms with E-state index in [4.69, 9.17) is 0 Å². The topological polar surface area (TPSA) is 45.2 Å². The first kappa shape index (κ1) is 15.5. The van der Waals surface area contributed by atoms with Crippen LogP contribution in [0.2, 0.25) is 0 Å². The minimum atomic E-state index is -0.273. The van der Waals surface area contributed by atoms with E-state index in [9.17, 15) is 9.18 Å². The van der Waals surface area contributed by atoms with Crippen molar-refractivity contribution in [3.8, 4) is 0 Å². The van der Waals surface area contributed by atoms with Crippen LogP contribution < -0.4 is 5.32 Å². The van der Waals surface area contributed by atoms with Crippen molar-refractivity contribution < 1.29 is 9.18 Å². The molecule has 120 valence electrons. The van der Waals surface area contributed by atoms with E-state index in [2.05, 4.69) is 17.2 Å². The Hall–Kier alpha value is -2.43. The SMILES string of the molecule is CC1CCN(C(=O)c2ccc(Nc3ccc(F)cc3)cn2)CC1. The van der Waals surface area contributed by atoms with Crippen molar-refractivity contribution in [1.82, 2.24) is 9.88 Å². The van der Waals surface area contributed by atoms with Crippen LogP contribution in [0.5, 0.6) is 0 Å². The number of likely N-dealkylation sites (tertiary alicyclic amines) is 1. The highest BCUT2D eigenvalue weighted by Crippen LogP contribution is 2.19. The van der Waals surface area contributed by atoms with Crippen molar-refractivity contribution in [1.29, 1.82) is 0 Å². The maximum atomic E-state index is 12.9. The molecule has 0 spiro atoms. The van der Waals surface area contributed by atoms with Crippen LogP contribution >= 0.6 is 0 Å². The molecular formula is C18H20FN3O. The summed E-state index contributed by atoms with van der Waals surface area (Å²) in [7, 11) is 0. The number of benzene rings is 1. The Balaban J connectivity index is 1.64. The minimum Gasteiger partial charge on any atom is -0.354 e. The number of carbonyl (C=O) groups excluding carboxylic acids is 1. The first-order valence-electron chi connectivity index (χ1n) is 7.90. The van der Waals surface area contributed by atoms with Gasteiger partial charge in [0.15, 0.2) is 0 Å². The first-order chi connectivity index (χ1) is 11.1. The Morgan fingerprint density at radius 3 is 2.39 bits per heavy atom. The molecule has 0 atom stereocenters. The van der Waals surface area contributed by atoms with Crippen molar-refractivity contribution in [2.75, 3.05) is 18.4 Å². The molecule has 0 radical (unpaired) electrons. The van der Waals surface area contributed by atoms with Crippen LogP contribution in [0.1, 0.15) is 30.3 Å². The number of aromatic nitrogens is 1. The second-order valence-corrected chi connectivity index (χ2v) is 6.04. The average Bonchev–Trinajstić information content (AvgIpc) is 2.58. The maximum Gasteiger partial charge on any atom is 0.272 e. The average molecular weight is 313 g/mol. The highest BCUT2D eigenvalue weighted by atomic mass is 19.1. The molecule has 0 saturated carbocycles. The fourth-order valence-corrected chi connectivity index (χ4v) is 2.67. The Morgan fingerprint density at radius 2 is 1.78 bits per heavy atom. The molecule has 1 N–H and O–H groups in total. The molecule has 1 amide bonds. The molecule has 1 aromatic carbocycles. The monoisotopic (exact) mass is 313 g/mol. The van der Waals surface area contributed by atoms with E-state index in [0.717, 1.165) is 37.3 Å². The summed E-state index contributed by atoms with van der Waals surface area (Å²) >= 11 is 0. The Labute approximate surface area is 135 Å². The molecule has 23 heavy (non-hydrogen) atoms. The fourth-order valence-electron chi connectivity index (χ4n) is 2.67. The van der Waals surface area contributed by atoms with Crippen LogP contribution in [-0.2, 0) is 0 Å². The van der Waals surface area contributed by atoms with E-state index < -0.39 is 0 Å². The molecule has 1 aliphatic rings. The number of amides is 1. The first-order valence-corrected chi connectivity index (χ1v) is 7.90. The molecule has 0 bridgehead atoms. The van der Waals surface area contributed by atoms with Gasteiger partial charge in [0.2, 0.25) is 0 Å². The highest BCUT2D eigenvalue weighted by molar-refractivity contribution is 5.92. The fraction of sp³-hybridized carbons (Fsp3) is 0.333. The number of piperidine rings is 1. The van der Waals surface area contributed by atoms with Crippen LogP contribution in [0.4, 0.5) is 15.8 Å². The molecule has 3 rings (SSSR count). The summed E-state index contributed by atoms with van der Waals surface area (Å²) in [5, 5.41) is 3.13. The maximum absolute atomic E-state index is 12.9. The summed E-state index contributed by atoms with van der Waals surface area (Å²) in [5.41, 5.74) is 2.00. The number of hydrogen-bond acceptors (Lipinski definition) is 3. The van der Waals surface area contributed by atoms with Gasteiger partial charge in [0.1, 0.15) is 11.5 Å². The lowest BCUT2D eigenvalue weighted by atomic mass is 9.99. The van der Waals surface area contributed by atoms with Crippen molar-refractivity contribution >= 4 is 17.3 Å². The van der Waals surface area contributed by atoms with Crippen LogP contribution in [0, 0.1) is 11.7 Å². The molecule has 1 aliphatic heterocycles. The molecule has 1 fully saturated rings. The van der Waals surface area contributed by atoms with Crippen LogP contribution in [0.25, 0.3) is 0 Å². The zero-order valence-electron chi connectivity index (χ0n) is 13.1. The Bertz CT molecular complexity index is 662. The summed E-state index contributed by atoms with van der Waals surface area (Å²) in [6, 6.07) is 9.64. The van der Waals surface area contributed by atoms with Crippen molar-refractivity contribution in [2.24, 2.45) is 5.92 Å². The summed E-state index contributed by atoms with van der Waals surface area (Å²) in [6.45, 7) is 3.82. The number of hydrogen-bond donors (Lipinski definition) is 1. The number of pyridine rings is 1. The van der Waals surface area contributed by atoms with Gasteiger partial charge >= 0.3 is 0 Å². The van der Waals surface area contributed by atoms with Gasteiger partial charge in [-0.3, -0.25) is 4.79 Å². The zero-order valence-corrected chi connectivity index (χ0v) is 13.1. The van der Waals surface area contributed by atoms with Gasteiger partial charge in [-0.2, -0.15) is 0 Å². The quantitative estimate of drug-likeness (QED) is 0.936. The van der Waals surface area contributed by atoms with E-state index in [0.29, 0.717) is 11.6 Å². The summed E-state index contributed by atoms with van der Waals surface area (Å²) in [5.74, 6) is 0.407. The van der Waals surface area contributed by atoms with Gasteiger partial charge in [0.25, 0.3) is 5.91 Å². The van der Waals surface area contributed by atoms with E-state index >= 15 is 0 Å². The number of carbonyl (C=O) groups is 1. The van der Waals surface area contributed by atoms with E-state index in [-0.39, 0.29) is 11.7 Å². The Morgan fingerprint density at radius 1 is 1.13 bits per heavy atom. The predicted octanol–water partition coefficient (Wildman–Crippen LogP) is 3.84. The van der Waals surface area contributed by atoms with Gasteiger partial charge in [-0.1, -0.05) is 6.92 Å². The van der Waals surface area contributed by atoms with Gasteiger partial charge < -0.3 is 10.2 Å². The Kier molecular flexibility index (Phi) is 4.55. The third-order valence-corrected chi connectivity index (χ3v) is 4.19. The lowest BCUT2D eigenvalue weighted by molar-refractivity contribution is 0.0691. The van der Waals surface area contributed by atoms with E-state index in [1.807, 2.05) is 11.0 Å². The highest BCUT2D eigenvalue weighted by Gasteiger charge is 2.22. The molecule has 5 heteroatoms. The standard InChI is InChI=1S/C18H20FN3O/c1-13-8-10-22(11-9-13)18(23)17-7-6-16(12-20-17)21-15-4-2-14(19)3-5-15/h2-7,12-13,21H,8-11H2,1H3. The molecular weight excluding hydrogens is 293 g/mol. The zero-order chi connectivity index (χ0) is 16.2. The summed E-state index contributed by atoms with van der Waals surface area (Å²) in [6.07, 6.45) is 3.73. The van der Waals surface area contributed by atoms with Crippen molar-refractivity contribution in [2.45, 2.75) is 19.8 Å². The molecule has 2 heterocycles. The van der Waals surface area contributed by atoms with Gasteiger partial charge in [0.05, 0.1) is 11.9 Å². The molecule has 2 aromatic rings. The molecule has 0 aliphatic carbocycles. The normalized spacial score (nSPS) is 15.5. The second kappa shape index (κ2) is 6.77. The van der Waals surface area contributed by atoms with Crippen molar-refractivity contribution in [3.63, 3.8) is 0 Å². The summed E-state index contributed by atoms with van der Waals surface area (Å²) in [4.78, 5) is 18.5. The van der Waals surface area contributed by atoms with Gasteiger partial charge in [-0.25, -0.2) is 9.37 Å². The summed E-state index contributed by atoms with van der Waals surface area (Å²) < 4.78 is 12.9. The van der Waals surface area contributed by atoms with E-state index in [1.165, 1.54) is 12.1 Å². The van der Waals surface area contributed by atoms with Gasteiger partial charge in [0, 0.05) is 18.8 Å². The van der Waals surface area contributed by atoms with E-state index in [1.54, 1.807) is 24.4 Å². The molecule has 1 saturated heterocycles. The third-order valence-electron chi connectivity index (χ3n) is 4.19. The van der Waals surface area contributed by atoms with Crippen molar-refractivity contribution in [3.05, 3.63) is 54.1 Å². The van der Waals surface area contributed by atoms with Crippen LogP contribution in [-0.4, -0.2) is 28.9 Å². The molecule has 1 aromatic heterocycles. The number of nitrogens with one attached hydrogen (secondary N) is 1. The third kappa shape index (κ3) is 3.86. The lowest BCUT2D eigenvalue weighted by Gasteiger charge is -2.30. The second-order valence-electron chi connectivity index (χ2n) is 6.04. The van der Waals surface area contributed by atoms with Crippen LogP contribution in [0.3, 0.4) is 0 Å². The smallest absolute Gasteiger partial charge is 0.272 e. The number of anilines is 2. The largest absolute Gasteiger partial charge is 0.354 e. The molecule has 4 nitrogen and oxygen atoms in total. The predicted molar refractivity (Wildman–Crippen MR) is 88.2 cm³/mol. The molecule has 0 unspecified atom stereocenters. The number of rotatable bonds is 3. The van der Waals surface area contributed by atoms with Crippen LogP contribution in [0.15, 0.2) is 42.6 Å². The number of nitrogens with zero attached hydrogens (tertiary/aromatic N) is 2. The van der Waals surface area contributed by atoms with Gasteiger partial charge in [-0.05, 0) is 55.2 Å². The lowest BCUT2D eigenvalue weighted by Crippen LogP contribution is -2.38. The van der Waals surface area contributed by atoms with Gasteiger partial charge in [-0.15, -0.1) is 0 Å².